The van der Waals surface area contributed by atoms with Crippen molar-refractivity contribution in [2.45, 2.75) is 19.5 Å². The van der Waals surface area contributed by atoms with E-state index in [1.54, 1.807) is 24.1 Å². The topological polar surface area (TPSA) is 63.0 Å². The van der Waals surface area contributed by atoms with E-state index in [4.69, 9.17) is 9.15 Å². The quantitative estimate of drug-likeness (QED) is 0.698. The summed E-state index contributed by atoms with van der Waals surface area (Å²) in [6, 6.07) is 14.7. The number of methoxy groups -OCH3 is 1. The number of carbonyl (C=O) groups excluding carboxylic acids is 1. The summed E-state index contributed by atoms with van der Waals surface area (Å²) in [6.45, 7) is 3.30. The minimum Gasteiger partial charge on any atom is -0.497 e. The molecule has 2 aromatic carbocycles. The molecule has 0 saturated carbocycles. The van der Waals surface area contributed by atoms with Crippen molar-refractivity contribution in [1.82, 2.24) is 4.90 Å². The number of ether oxygens (including phenoxy) is 1. The number of carbonyl (C=O) groups is 1. The van der Waals surface area contributed by atoms with Gasteiger partial charge < -0.3 is 14.1 Å². The largest absolute Gasteiger partial charge is 0.497 e. The molecule has 0 radical (unpaired) electrons. The molecule has 1 aliphatic rings. The third kappa shape index (κ3) is 3.39. The Morgan fingerprint density at radius 1 is 1.14 bits per heavy atom. The van der Waals surface area contributed by atoms with Crippen LogP contribution in [-0.4, -0.2) is 37.0 Å². The lowest BCUT2D eigenvalue weighted by atomic mass is 10.1. The monoisotopic (exact) mass is 378 g/mol. The highest BCUT2D eigenvalue weighted by atomic mass is 16.5. The van der Waals surface area contributed by atoms with Crippen LogP contribution in [0.15, 0.2) is 64.0 Å². The van der Waals surface area contributed by atoms with Crippen LogP contribution < -0.4 is 15.1 Å². The summed E-state index contributed by atoms with van der Waals surface area (Å²) < 4.78 is 10.9. The first kappa shape index (κ1) is 18.3. The number of para-hydroxylation sites is 1. The molecule has 0 spiro atoms. The van der Waals surface area contributed by atoms with Gasteiger partial charge in [0.15, 0.2) is 5.43 Å². The third-order valence-corrected chi connectivity index (χ3v) is 5.07. The molecule has 6 nitrogen and oxygen atoms in total. The summed E-state index contributed by atoms with van der Waals surface area (Å²) in [4.78, 5) is 29.4. The Kier molecular flexibility index (Phi) is 4.88. The molecule has 1 aliphatic heterocycles. The van der Waals surface area contributed by atoms with Gasteiger partial charge in [-0.1, -0.05) is 18.2 Å². The first-order valence-electron chi connectivity index (χ1n) is 9.24. The van der Waals surface area contributed by atoms with Crippen LogP contribution in [0.25, 0.3) is 11.0 Å². The highest BCUT2D eigenvalue weighted by molar-refractivity contribution is 5.96. The van der Waals surface area contributed by atoms with Gasteiger partial charge in [0.05, 0.1) is 25.3 Å². The summed E-state index contributed by atoms with van der Waals surface area (Å²) in [7, 11) is 1.61. The Bertz CT molecular complexity index is 1080. The van der Waals surface area contributed by atoms with E-state index in [2.05, 4.69) is 0 Å². The van der Waals surface area contributed by atoms with E-state index in [-0.39, 0.29) is 23.9 Å². The Hall–Kier alpha value is -3.12. The van der Waals surface area contributed by atoms with Gasteiger partial charge >= 0.3 is 0 Å². The summed E-state index contributed by atoms with van der Waals surface area (Å²) >= 11 is 0. The second-order valence-corrected chi connectivity index (χ2v) is 7.07. The van der Waals surface area contributed by atoms with Crippen LogP contribution in [0.2, 0.25) is 0 Å². The first-order valence-corrected chi connectivity index (χ1v) is 9.24. The van der Waals surface area contributed by atoms with E-state index >= 15 is 0 Å². The molecule has 3 aromatic rings. The van der Waals surface area contributed by atoms with E-state index in [1.807, 2.05) is 48.2 Å². The van der Waals surface area contributed by atoms with E-state index in [0.29, 0.717) is 35.4 Å². The number of rotatable bonds is 4. The zero-order valence-electron chi connectivity index (χ0n) is 15.9. The number of piperazine rings is 1. The average Bonchev–Trinajstić information content (AvgIpc) is 2.70. The lowest BCUT2D eigenvalue weighted by Gasteiger charge is -2.39. The lowest BCUT2D eigenvalue weighted by molar-refractivity contribution is -0.122. The van der Waals surface area contributed by atoms with Gasteiger partial charge in [-0.3, -0.25) is 14.5 Å². The molecule has 1 saturated heterocycles. The standard InChI is InChI=1S/C22H22N2O4/c1-15-11-23(12-16-14-28-20-9-4-3-8-19(20)22(16)26)13-21(25)24(15)17-6-5-7-18(10-17)27-2/h3-10,14-15H,11-13H2,1-2H3. The zero-order valence-corrected chi connectivity index (χ0v) is 15.9. The van der Waals surface area contributed by atoms with E-state index in [9.17, 15) is 9.59 Å². The van der Waals surface area contributed by atoms with Crippen LogP contribution in [0.1, 0.15) is 12.5 Å². The van der Waals surface area contributed by atoms with E-state index in [0.717, 1.165) is 5.69 Å². The van der Waals surface area contributed by atoms with Crippen LogP contribution in [0.4, 0.5) is 5.69 Å². The maximum absolute atomic E-state index is 12.8. The molecule has 1 aromatic heterocycles. The van der Waals surface area contributed by atoms with Gasteiger partial charge in [0.25, 0.3) is 0 Å². The fraction of sp³-hybridized carbons (Fsp3) is 0.273. The Balaban J connectivity index is 1.54. The number of fused-ring (bicyclic) bond motifs is 1. The summed E-state index contributed by atoms with van der Waals surface area (Å²) in [5, 5.41) is 0.564. The molecule has 2 heterocycles. The van der Waals surface area contributed by atoms with Crippen molar-refractivity contribution >= 4 is 22.6 Å². The summed E-state index contributed by atoms with van der Waals surface area (Å²) in [5.41, 5.74) is 1.91. The highest BCUT2D eigenvalue weighted by Gasteiger charge is 2.31. The second kappa shape index (κ2) is 7.48. The van der Waals surface area contributed by atoms with Gasteiger partial charge in [-0.15, -0.1) is 0 Å². The summed E-state index contributed by atoms with van der Waals surface area (Å²) in [6.07, 6.45) is 1.51. The maximum Gasteiger partial charge on any atom is 0.241 e. The van der Waals surface area contributed by atoms with Crippen LogP contribution in [0, 0.1) is 0 Å². The second-order valence-electron chi connectivity index (χ2n) is 7.07. The highest BCUT2D eigenvalue weighted by Crippen LogP contribution is 2.26. The predicted octanol–water partition coefficient (Wildman–Crippen LogP) is 3.04. The molecular formula is C22H22N2O4. The van der Waals surface area contributed by atoms with Crippen molar-refractivity contribution in [3.8, 4) is 5.75 Å². The molecule has 1 amide bonds. The van der Waals surface area contributed by atoms with Crippen molar-refractivity contribution in [3.63, 3.8) is 0 Å². The smallest absolute Gasteiger partial charge is 0.241 e. The van der Waals surface area contributed by atoms with Crippen LogP contribution in [0.5, 0.6) is 5.75 Å². The molecule has 0 N–H and O–H groups in total. The number of nitrogens with zero attached hydrogens (tertiary/aromatic N) is 2. The molecule has 6 heteroatoms. The number of benzene rings is 2. The number of hydrogen-bond acceptors (Lipinski definition) is 5. The molecule has 144 valence electrons. The molecule has 1 atom stereocenters. The minimum absolute atomic E-state index is 0.00261. The zero-order chi connectivity index (χ0) is 19.7. The normalized spacial score (nSPS) is 17.9. The van der Waals surface area contributed by atoms with Gasteiger partial charge in [-0.2, -0.15) is 0 Å². The molecule has 1 fully saturated rings. The van der Waals surface area contributed by atoms with Gasteiger partial charge in [0.2, 0.25) is 5.91 Å². The van der Waals surface area contributed by atoms with Crippen LogP contribution >= 0.6 is 0 Å². The van der Waals surface area contributed by atoms with Crippen molar-refractivity contribution in [2.75, 3.05) is 25.1 Å². The van der Waals surface area contributed by atoms with Gasteiger partial charge in [-0.05, 0) is 31.2 Å². The van der Waals surface area contributed by atoms with Crippen molar-refractivity contribution in [3.05, 3.63) is 70.6 Å². The lowest BCUT2D eigenvalue weighted by Crippen LogP contribution is -2.55. The van der Waals surface area contributed by atoms with Crippen LogP contribution in [-0.2, 0) is 11.3 Å². The Labute approximate surface area is 162 Å². The minimum atomic E-state index is -0.0443. The Morgan fingerprint density at radius 3 is 2.75 bits per heavy atom. The Morgan fingerprint density at radius 2 is 1.96 bits per heavy atom. The van der Waals surface area contributed by atoms with Crippen LogP contribution in [0.3, 0.4) is 0 Å². The molecule has 1 unspecified atom stereocenters. The van der Waals surface area contributed by atoms with Gasteiger partial charge in [0, 0.05) is 36.4 Å². The molecule has 0 aliphatic carbocycles. The number of anilines is 1. The van der Waals surface area contributed by atoms with E-state index < -0.39 is 0 Å². The van der Waals surface area contributed by atoms with E-state index in [1.165, 1.54) is 6.26 Å². The molecular weight excluding hydrogens is 356 g/mol. The average molecular weight is 378 g/mol. The SMILES string of the molecule is COc1cccc(N2C(=O)CN(Cc3coc4ccccc4c3=O)CC2C)c1. The first-order chi connectivity index (χ1) is 13.6. The van der Waals surface area contributed by atoms with Gasteiger partial charge in [-0.25, -0.2) is 0 Å². The summed E-state index contributed by atoms with van der Waals surface area (Å²) in [5.74, 6) is 0.714. The van der Waals surface area contributed by atoms with Crippen molar-refractivity contribution < 1.29 is 13.9 Å². The molecule has 4 rings (SSSR count). The maximum atomic E-state index is 12.8. The molecule has 28 heavy (non-hydrogen) atoms. The predicted molar refractivity (Wildman–Crippen MR) is 108 cm³/mol. The molecule has 0 bridgehead atoms. The third-order valence-electron chi connectivity index (χ3n) is 5.07. The number of hydrogen-bond donors (Lipinski definition) is 0. The van der Waals surface area contributed by atoms with Gasteiger partial charge in [0.1, 0.15) is 11.3 Å². The fourth-order valence-corrected chi connectivity index (χ4v) is 3.78. The fourth-order valence-electron chi connectivity index (χ4n) is 3.78. The van der Waals surface area contributed by atoms with Crippen molar-refractivity contribution in [1.29, 1.82) is 0 Å². The van der Waals surface area contributed by atoms with Crippen molar-refractivity contribution in [2.24, 2.45) is 0 Å². The number of amides is 1.